The molecule has 5 rings (SSSR count). The Labute approximate surface area is 301 Å². The van der Waals surface area contributed by atoms with Crippen molar-refractivity contribution in [2.75, 3.05) is 20.1 Å². The van der Waals surface area contributed by atoms with Crippen molar-refractivity contribution in [2.45, 2.75) is 73.1 Å². The fourth-order valence-corrected chi connectivity index (χ4v) is 7.77. The maximum atomic E-state index is 14.3. The third-order valence-corrected chi connectivity index (χ3v) is 10.7. The van der Waals surface area contributed by atoms with Crippen LogP contribution in [0.15, 0.2) is 76.7 Å². The highest BCUT2D eigenvalue weighted by atomic mass is 35.5. The predicted octanol–water partition coefficient (Wildman–Crippen LogP) is 4.75. The third kappa shape index (κ3) is 9.16. The molecule has 4 aromatic rings. The molecule has 49 heavy (non-hydrogen) atoms. The van der Waals surface area contributed by atoms with Gasteiger partial charge in [-0.15, -0.1) is 0 Å². The summed E-state index contributed by atoms with van der Waals surface area (Å²) in [6.07, 6.45) is 4.02. The largest absolute Gasteiger partial charge is 0.361 e. The van der Waals surface area contributed by atoms with Gasteiger partial charge in [0.05, 0.1) is 11.1 Å². The average molecular weight is 725 g/mol. The van der Waals surface area contributed by atoms with Crippen molar-refractivity contribution in [1.82, 2.24) is 25.8 Å². The number of benzene rings is 3. The van der Waals surface area contributed by atoms with E-state index in [9.17, 15) is 14.4 Å². The van der Waals surface area contributed by atoms with Crippen LogP contribution < -0.4 is 27.4 Å². The molecular weight excluding hydrogens is 681 g/mol. The summed E-state index contributed by atoms with van der Waals surface area (Å²) in [6.45, 7) is 1.27. The second-order valence-electron chi connectivity index (χ2n) is 12.2. The Bertz CT molecular complexity index is 1780. The predicted molar refractivity (Wildman–Crippen MR) is 197 cm³/mol. The summed E-state index contributed by atoms with van der Waals surface area (Å²) in [5, 5.41) is 11.3. The number of halogens is 2. The molecule has 1 aromatic heterocycles. The van der Waals surface area contributed by atoms with E-state index in [0.29, 0.717) is 55.4 Å². The quantitative estimate of drug-likeness (QED) is 0.153. The summed E-state index contributed by atoms with van der Waals surface area (Å²) in [7, 11) is 1.61. The molecule has 0 aliphatic carbocycles. The Morgan fingerprint density at radius 2 is 1.59 bits per heavy atom. The van der Waals surface area contributed by atoms with Gasteiger partial charge in [-0.1, -0.05) is 71.4 Å². The van der Waals surface area contributed by atoms with Crippen molar-refractivity contribution in [1.29, 1.82) is 0 Å². The van der Waals surface area contributed by atoms with Crippen molar-refractivity contribution >= 4 is 63.6 Å². The Hall–Kier alpha value is -3.58. The molecule has 3 atom stereocenters. The van der Waals surface area contributed by atoms with E-state index in [1.54, 1.807) is 19.2 Å². The molecule has 1 aliphatic heterocycles. The number of hydrogen-bond donors (Lipinski definition) is 6. The molecule has 3 aromatic carbocycles. The lowest BCUT2D eigenvalue weighted by Gasteiger charge is -2.32. The van der Waals surface area contributed by atoms with E-state index in [0.717, 1.165) is 37.4 Å². The molecule has 0 radical (unpaired) electrons. The molecule has 10 nitrogen and oxygen atoms in total. The molecule has 3 unspecified atom stereocenters. The van der Waals surface area contributed by atoms with E-state index in [1.165, 1.54) is 16.7 Å². The first-order valence-corrected chi connectivity index (χ1v) is 18.0. The van der Waals surface area contributed by atoms with Crippen molar-refractivity contribution in [2.24, 2.45) is 11.5 Å². The van der Waals surface area contributed by atoms with Crippen LogP contribution in [-0.4, -0.2) is 65.9 Å². The number of nitrogens with one attached hydrogen (secondary N) is 4. The van der Waals surface area contributed by atoms with E-state index in [-0.39, 0.29) is 30.7 Å². The van der Waals surface area contributed by atoms with Gasteiger partial charge >= 0.3 is 0 Å². The molecule has 3 amide bonds. The molecule has 260 valence electrons. The van der Waals surface area contributed by atoms with Crippen LogP contribution in [0, 0.1) is 0 Å². The second kappa shape index (κ2) is 17.4. The van der Waals surface area contributed by atoms with Gasteiger partial charge in [0.2, 0.25) is 17.7 Å². The first kappa shape index (κ1) is 36.7. The number of nitrogens with two attached hydrogens (primary N) is 2. The van der Waals surface area contributed by atoms with Gasteiger partial charge in [-0.05, 0) is 79.7 Å². The van der Waals surface area contributed by atoms with Crippen LogP contribution in [0.4, 0.5) is 0 Å². The molecule has 2 heterocycles. The monoisotopic (exact) mass is 723 g/mol. The number of H-pyrrole nitrogens is 1. The fraction of sp³-hybridized carbons (Fsp3) is 0.361. The van der Waals surface area contributed by atoms with Crippen molar-refractivity contribution < 1.29 is 14.4 Å². The number of nitrogens with zero attached hydrogens (tertiary/aromatic N) is 1. The van der Waals surface area contributed by atoms with Gasteiger partial charge in [0.1, 0.15) is 12.1 Å². The highest BCUT2D eigenvalue weighted by molar-refractivity contribution is 7.99. The fourth-order valence-electron chi connectivity index (χ4n) is 6.07. The smallest absolute Gasteiger partial charge is 0.245 e. The molecule has 0 spiro atoms. The van der Waals surface area contributed by atoms with Gasteiger partial charge in [-0.25, -0.2) is 0 Å². The molecule has 0 saturated carbocycles. The van der Waals surface area contributed by atoms with Crippen LogP contribution >= 0.6 is 35.0 Å². The number of aromatic amines is 1. The lowest BCUT2D eigenvalue weighted by molar-refractivity contribution is -0.142. The zero-order valence-corrected chi connectivity index (χ0v) is 29.8. The molecule has 13 heteroatoms. The van der Waals surface area contributed by atoms with Gasteiger partial charge in [-0.2, -0.15) is 0 Å². The van der Waals surface area contributed by atoms with Crippen LogP contribution in [0.5, 0.6) is 0 Å². The van der Waals surface area contributed by atoms with Crippen LogP contribution in [0.2, 0.25) is 10.0 Å². The molecule has 0 saturated heterocycles. The van der Waals surface area contributed by atoms with E-state index < -0.39 is 18.1 Å². The number of fused-ring (bicyclic) bond motifs is 3. The minimum absolute atomic E-state index is 0.128. The minimum Gasteiger partial charge on any atom is -0.361 e. The first-order valence-electron chi connectivity index (χ1n) is 16.5. The number of hydrogen-bond acceptors (Lipinski definition) is 7. The maximum absolute atomic E-state index is 14.3. The van der Waals surface area contributed by atoms with Crippen LogP contribution in [0.1, 0.15) is 42.4 Å². The van der Waals surface area contributed by atoms with Crippen molar-refractivity contribution in [3.63, 3.8) is 0 Å². The lowest BCUT2D eigenvalue weighted by Crippen LogP contribution is -2.57. The van der Waals surface area contributed by atoms with E-state index in [4.69, 9.17) is 34.7 Å². The average Bonchev–Trinajstić information content (AvgIpc) is 3.51. The minimum atomic E-state index is -0.905. The standard InChI is InChI=1S/C36H43Cl2N7O3S/c1-45-31(17-23-20-41-28-10-4-3-9-26(23)28)35(47)43-21-24-16-25(37)18-27(38)33(24)49-32-13-5-2-8-22(32)19-42-29(11-6-14-39)34(46)44-30(36(45)48)12-7-15-40/h2-5,8-10,13,16,18,20,29-31,41-42H,6-7,11-12,14-15,17,19,21,39-40H2,1H3,(H,43,47)(H,44,46). The third-order valence-electron chi connectivity index (χ3n) is 8.79. The topological polar surface area (TPSA) is 158 Å². The Morgan fingerprint density at radius 1 is 0.878 bits per heavy atom. The molecule has 0 fully saturated rings. The van der Waals surface area contributed by atoms with Gasteiger partial charge in [0.15, 0.2) is 0 Å². The van der Waals surface area contributed by atoms with Crippen LogP contribution in [0.25, 0.3) is 10.9 Å². The first-order chi connectivity index (χ1) is 23.7. The molecular formula is C36H43Cl2N7O3S. The lowest BCUT2D eigenvalue weighted by atomic mass is 10.0. The van der Waals surface area contributed by atoms with E-state index in [2.05, 4.69) is 20.9 Å². The zero-order valence-electron chi connectivity index (χ0n) is 27.4. The van der Waals surface area contributed by atoms with E-state index in [1.807, 2.05) is 54.7 Å². The number of para-hydroxylation sites is 1. The number of likely N-dealkylation sites (N-methyl/N-ethyl adjacent to an activating group) is 1. The van der Waals surface area contributed by atoms with E-state index >= 15 is 0 Å². The Balaban J connectivity index is 1.57. The summed E-state index contributed by atoms with van der Waals surface area (Å²) >= 11 is 14.7. The number of amides is 3. The van der Waals surface area contributed by atoms with Crippen LogP contribution in [0.3, 0.4) is 0 Å². The molecule has 8 N–H and O–H groups in total. The normalized spacial score (nSPS) is 19.6. The zero-order chi connectivity index (χ0) is 34.9. The van der Waals surface area contributed by atoms with Gasteiger partial charge < -0.3 is 37.3 Å². The van der Waals surface area contributed by atoms with Crippen LogP contribution in [-0.2, 0) is 33.9 Å². The summed E-state index contributed by atoms with van der Waals surface area (Å²) in [6, 6.07) is 16.7. The molecule has 0 bridgehead atoms. The van der Waals surface area contributed by atoms with Gasteiger partial charge in [0, 0.05) is 58.5 Å². The summed E-state index contributed by atoms with van der Waals surface area (Å²) in [5.74, 6) is -1.05. The maximum Gasteiger partial charge on any atom is 0.245 e. The molecule has 1 aliphatic rings. The van der Waals surface area contributed by atoms with Crippen molar-refractivity contribution in [3.05, 3.63) is 93.6 Å². The second-order valence-corrected chi connectivity index (χ2v) is 14.1. The SMILES string of the molecule is CN1C(=O)C(CCCN)NC(=O)C(CCCN)NCc2ccccc2Sc2c(Cl)cc(Cl)cc2CNC(=O)C1Cc1c[nH]c2ccccc12. The summed E-state index contributed by atoms with van der Waals surface area (Å²) in [4.78, 5) is 48.7. The Kier molecular flexibility index (Phi) is 13.0. The number of carbonyl (C=O) groups excluding carboxylic acids is 3. The summed E-state index contributed by atoms with van der Waals surface area (Å²) < 4.78 is 0. The summed E-state index contributed by atoms with van der Waals surface area (Å²) in [5.41, 5.74) is 15.2. The Morgan fingerprint density at radius 3 is 2.37 bits per heavy atom. The van der Waals surface area contributed by atoms with Crippen molar-refractivity contribution in [3.8, 4) is 0 Å². The van der Waals surface area contributed by atoms with Gasteiger partial charge in [0.25, 0.3) is 0 Å². The van der Waals surface area contributed by atoms with Gasteiger partial charge in [-0.3, -0.25) is 14.4 Å². The number of rotatable bonds is 8. The number of carbonyl (C=O) groups is 3. The highest BCUT2D eigenvalue weighted by Gasteiger charge is 2.34. The number of aromatic nitrogens is 1. The highest BCUT2D eigenvalue weighted by Crippen LogP contribution is 2.39.